The Morgan fingerprint density at radius 1 is 0.812 bits per heavy atom. The first-order chi connectivity index (χ1) is 7.61. The van der Waals surface area contributed by atoms with Crippen molar-refractivity contribution in [3.63, 3.8) is 0 Å². The molecule has 2 rings (SSSR count). The Bertz CT molecular complexity index is 373. The van der Waals surface area contributed by atoms with Crippen molar-refractivity contribution in [1.82, 2.24) is 4.98 Å². The third-order valence-corrected chi connectivity index (χ3v) is 3.04. The summed E-state index contributed by atoms with van der Waals surface area (Å²) in [7, 11) is 0. The first-order valence-electron chi connectivity index (χ1n) is 5.31. The molecule has 0 amide bonds. The van der Waals surface area contributed by atoms with Crippen molar-refractivity contribution in [2.45, 2.75) is 38.0 Å². The van der Waals surface area contributed by atoms with Gasteiger partial charge < -0.3 is 0 Å². The van der Waals surface area contributed by atoms with E-state index in [4.69, 9.17) is 0 Å². The molecular weight excluding hydrogens is 222 g/mol. The lowest BCUT2D eigenvalue weighted by Crippen LogP contribution is -2.13. The van der Waals surface area contributed by atoms with Crippen LogP contribution in [0.2, 0.25) is 0 Å². The highest BCUT2D eigenvalue weighted by Crippen LogP contribution is 2.36. The van der Waals surface area contributed by atoms with Crippen LogP contribution >= 0.6 is 0 Å². The molecule has 1 aliphatic rings. The molecule has 1 nitrogen and oxygen atoms in total. The molecule has 0 unspecified atom stereocenters. The number of rotatable bonds is 1. The lowest BCUT2D eigenvalue weighted by molar-refractivity contribution is 0.360. The number of hydrogen-bond donors (Lipinski definition) is 0. The molecule has 1 aromatic heterocycles. The van der Waals surface area contributed by atoms with Crippen LogP contribution in [0.5, 0.6) is 0 Å². The van der Waals surface area contributed by atoms with Gasteiger partial charge in [-0.25, -0.2) is 8.78 Å². The van der Waals surface area contributed by atoms with Gasteiger partial charge in [0.2, 0.25) is 0 Å². The lowest BCUT2D eigenvalue weighted by atomic mass is 9.84. The summed E-state index contributed by atoms with van der Waals surface area (Å²) in [5.41, 5.74) is -0.468. The second-order valence-corrected chi connectivity index (χ2v) is 4.07. The molecule has 88 valence electrons. The van der Waals surface area contributed by atoms with E-state index in [1.54, 1.807) is 0 Å². The van der Waals surface area contributed by atoms with Crippen LogP contribution in [0.15, 0.2) is 0 Å². The van der Waals surface area contributed by atoms with Crippen molar-refractivity contribution in [3.8, 4) is 0 Å². The minimum Gasteiger partial charge on any atom is -0.202 e. The molecule has 1 heterocycles. The van der Waals surface area contributed by atoms with Crippen LogP contribution in [0.4, 0.5) is 17.6 Å². The van der Waals surface area contributed by atoms with Gasteiger partial charge in [0.15, 0.2) is 11.6 Å². The highest BCUT2D eigenvalue weighted by atomic mass is 19.2. The zero-order chi connectivity index (χ0) is 11.7. The van der Waals surface area contributed by atoms with Crippen LogP contribution in [0.3, 0.4) is 0 Å². The summed E-state index contributed by atoms with van der Waals surface area (Å²) < 4.78 is 52.5. The molecule has 0 N–H and O–H groups in total. The van der Waals surface area contributed by atoms with E-state index in [2.05, 4.69) is 4.98 Å². The van der Waals surface area contributed by atoms with Gasteiger partial charge in [-0.05, 0) is 18.8 Å². The first kappa shape index (κ1) is 11.4. The maximum absolute atomic E-state index is 13.4. The molecular formula is C11H11F4N. The Balaban J connectivity index is 2.45. The topological polar surface area (TPSA) is 12.9 Å². The summed E-state index contributed by atoms with van der Waals surface area (Å²) in [6.07, 6.45) is 3.79. The lowest BCUT2D eigenvalue weighted by Gasteiger charge is -2.22. The van der Waals surface area contributed by atoms with Gasteiger partial charge in [-0.1, -0.05) is 19.3 Å². The van der Waals surface area contributed by atoms with Crippen molar-refractivity contribution < 1.29 is 17.6 Å². The van der Waals surface area contributed by atoms with E-state index in [1.165, 1.54) is 0 Å². The number of aromatic nitrogens is 1. The molecule has 1 fully saturated rings. The summed E-state index contributed by atoms with van der Waals surface area (Å²) in [4.78, 5) is 2.54. The van der Waals surface area contributed by atoms with Gasteiger partial charge in [0.1, 0.15) is 0 Å². The van der Waals surface area contributed by atoms with Gasteiger partial charge in [0, 0.05) is 5.56 Å². The summed E-state index contributed by atoms with van der Waals surface area (Å²) >= 11 is 0. The zero-order valence-electron chi connectivity index (χ0n) is 8.57. The molecule has 0 bridgehead atoms. The molecule has 0 spiro atoms. The van der Waals surface area contributed by atoms with Gasteiger partial charge >= 0.3 is 0 Å². The SMILES string of the molecule is Fc1nc(F)c(F)c(C2CCCCC2)c1F. The van der Waals surface area contributed by atoms with E-state index in [0.29, 0.717) is 12.8 Å². The summed E-state index contributed by atoms with van der Waals surface area (Å²) in [5.74, 6) is -6.23. The predicted molar refractivity (Wildman–Crippen MR) is 49.9 cm³/mol. The Kier molecular flexibility index (Phi) is 3.12. The van der Waals surface area contributed by atoms with Crippen molar-refractivity contribution in [2.75, 3.05) is 0 Å². The minimum atomic E-state index is -1.56. The van der Waals surface area contributed by atoms with Gasteiger partial charge in [-0.15, -0.1) is 0 Å². The summed E-state index contributed by atoms with van der Waals surface area (Å²) in [6.45, 7) is 0. The second-order valence-electron chi connectivity index (χ2n) is 4.07. The standard InChI is InChI=1S/C11H11F4N/c12-8-7(6-4-2-1-3-5-6)9(13)11(15)16-10(8)14/h6H,1-5H2. The average molecular weight is 233 g/mol. The second kappa shape index (κ2) is 4.39. The maximum atomic E-state index is 13.4. The molecule has 1 aromatic rings. The van der Waals surface area contributed by atoms with Gasteiger partial charge in [0.25, 0.3) is 11.9 Å². The van der Waals surface area contributed by atoms with E-state index in [9.17, 15) is 17.6 Å². The molecule has 1 saturated carbocycles. The van der Waals surface area contributed by atoms with Crippen LogP contribution in [-0.2, 0) is 0 Å². The third kappa shape index (κ3) is 1.90. The molecule has 0 aliphatic heterocycles. The molecule has 0 saturated heterocycles. The number of halogens is 4. The van der Waals surface area contributed by atoms with Crippen molar-refractivity contribution >= 4 is 0 Å². The monoisotopic (exact) mass is 233 g/mol. The van der Waals surface area contributed by atoms with Crippen molar-refractivity contribution in [2.24, 2.45) is 0 Å². The van der Waals surface area contributed by atoms with E-state index >= 15 is 0 Å². The molecule has 0 radical (unpaired) electrons. The average Bonchev–Trinajstić information content (AvgIpc) is 2.28. The smallest absolute Gasteiger partial charge is 0.202 e. The number of hydrogen-bond acceptors (Lipinski definition) is 1. The first-order valence-corrected chi connectivity index (χ1v) is 5.31. The van der Waals surface area contributed by atoms with Crippen LogP contribution in [-0.4, -0.2) is 4.98 Å². The van der Waals surface area contributed by atoms with Gasteiger partial charge in [0.05, 0.1) is 0 Å². The summed E-state index contributed by atoms with van der Waals surface area (Å²) in [6, 6.07) is 0. The van der Waals surface area contributed by atoms with Crippen LogP contribution < -0.4 is 0 Å². The summed E-state index contributed by atoms with van der Waals surface area (Å²) in [5, 5.41) is 0. The van der Waals surface area contributed by atoms with Crippen molar-refractivity contribution in [1.29, 1.82) is 0 Å². The van der Waals surface area contributed by atoms with E-state index in [0.717, 1.165) is 19.3 Å². The molecule has 16 heavy (non-hydrogen) atoms. The normalized spacial score (nSPS) is 17.8. The fraction of sp³-hybridized carbons (Fsp3) is 0.545. The van der Waals surface area contributed by atoms with E-state index in [1.807, 2.05) is 0 Å². The predicted octanol–water partition coefficient (Wildman–Crippen LogP) is 3.69. The fourth-order valence-corrected chi connectivity index (χ4v) is 2.25. The Hall–Kier alpha value is -1.13. The third-order valence-electron chi connectivity index (χ3n) is 3.04. The highest BCUT2D eigenvalue weighted by Gasteiger charge is 2.28. The Morgan fingerprint density at radius 3 is 1.81 bits per heavy atom. The van der Waals surface area contributed by atoms with Gasteiger partial charge in [-0.3, -0.25) is 0 Å². The minimum absolute atomic E-state index is 0.430. The Labute approximate surface area is 90.5 Å². The molecule has 5 heteroatoms. The molecule has 1 aliphatic carbocycles. The number of nitrogens with zero attached hydrogens (tertiary/aromatic N) is 1. The largest absolute Gasteiger partial charge is 0.252 e. The quantitative estimate of drug-likeness (QED) is 0.532. The van der Waals surface area contributed by atoms with Crippen LogP contribution in [0.25, 0.3) is 0 Å². The molecule has 0 atom stereocenters. The number of pyridine rings is 1. The van der Waals surface area contributed by atoms with Crippen molar-refractivity contribution in [3.05, 3.63) is 29.1 Å². The van der Waals surface area contributed by atoms with E-state index < -0.39 is 35.0 Å². The maximum Gasteiger partial charge on any atom is 0.252 e. The fourth-order valence-electron chi connectivity index (χ4n) is 2.25. The van der Waals surface area contributed by atoms with E-state index in [-0.39, 0.29) is 0 Å². The van der Waals surface area contributed by atoms with Crippen LogP contribution in [0, 0.1) is 23.5 Å². The van der Waals surface area contributed by atoms with Crippen LogP contribution in [0.1, 0.15) is 43.6 Å². The van der Waals surface area contributed by atoms with Gasteiger partial charge in [-0.2, -0.15) is 13.8 Å². The Morgan fingerprint density at radius 2 is 1.31 bits per heavy atom. The molecule has 0 aromatic carbocycles. The zero-order valence-corrected chi connectivity index (χ0v) is 8.57. The highest BCUT2D eigenvalue weighted by molar-refractivity contribution is 5.22.